The van der Waals surface area contributed by atoms with Gasteiger partial charge in [-0.3, -0.25) is 14.6 Å². The molecular weight excluding hydrogens is 604 g/mol. The van der Waals surface area contributed by atoms with E-state index in [9.17, 15) is 9.59 Å². The number of benzene rings is 1. The fourth-order valence-electron chi connectivity index (χ4n) is 5.22. The molecule has 15 heteroatoms. The van der Waals surface area contributed by atoms with Crippen LogP contribution in [-0.4, -0.2) is 71.3 Å². The number of rotatable bonds is 12. The maximum Gasteiger partial charge on any atom is 0.232 e. The van der Waals surface area contributed by atoms with Crippen LogP contribution in [-0.2, 0) is 29.0 Å². The normalized spacial score (nSPS) is 14.3. The van der Waals surface area contributed by atoms with Crippen molar-refractivity contribution in [3.63, 3.8) is 0 Å². The number of nitrogens with one attached hydrogen (secondary N) is 3. The van der Waals surface area contributed by atoms with Gasteiger partial charge in [0, 0.05) is 50.1 Å². The van der Waals surface area contributed by atoms with Gasteiger partial charge in [0.1, 0.15) is 0 Å². The Bertz CT molecular complexity index is 1770. The maximum absolute atomic E-state index is 12.6. The number of hydrogen-bond acceptors (Lipinski definition) is 12. The zero-order valence-corrected chi connectivity index (χ0v) is 26.4. The molecule has 0 radical (unpaired) electrons. The Balaban J connectivity index is 0.928. The summed E-state index contributed by atoms with van der Waals surface area (Å²) in [5, 5.41) is 35.3. The number of pyridine rings is 1. The summed E-state index contributed by atoms with van der Waals surface area (Å²) in [6.07, 6.45) is 5.32. The number of aromatic nitrogens is 8. The lowest BCUT2D eigenvalue weighted by Crippen LogP contribution is -2.26. The molecular formula is C31H34N12O2S. The molecule has 46 heavy (non-hydrogen) atoms. The number of anilines is 4. The number of nitrogens with zero attached hydrogens (tertiary/aromatic N) is 9. The van der Waals surface area contributed by atoms with Crippen molar-refractivity contribution in [2.75, 3.05) is 33.9 Å². The quantitative estimate of drug-likeness (QED) is 0.183. The Morgan fingerprint density at radius 2 is 1.74 bits per heavy atom. The molecule has 0 unspecified atom stereocenters. The highest BCUT2D eigenvalue weighted by atomic mass is 32.1. The number of carbonyl (C=O) groups is 2. The van der Waals surface area contributed by atoms with E-state index in [0.717, 1.165) is 24.5 Å². The van der Waals surface area contributed by atoms with E-state index in [4.69, 9.17) is 0 Å². The zero-order valence-electron chi connectivity index (χ0n) is 25.6. The molecule has 0 saturated carbocycles. The van der Waals surface area contributed by atoms with Crippen molar-refractivity contribution in [2.24, 2.45) is 0 Å². The lowest BCUT2D eigenvalue weighted by Gasteiger charge is -2.17. The van der Waals surface area contributed by atoms with Gasteiger partial charge in [0.05, 0.1) is 18.7 Å². The van der Waals surface area contributed by atoms with E-state index in [0.29, 0.717) is 41.3 Å². The SMILES string of the molecule is Cc1cccc(C)c1Cn1cc(CCC(=O)Nc2ccc(N3CC[C@@H](Nc4nnc(NC(=O)Cc5ccccn5)s4)C3)nn2)nn1. The van der Waals surface area contributed by atoms with Gasteiger partial charge in [-0.05, 0) is 61.2 Å². The molecule has 4 aromatic heterocycles. The summed E-state index contributed by atoms with van der Waals surface area (Å²) < 4.78 is 1.81. The summed E-state index contributed by atoms with van der Waals surface area (Å²) in [7, 11) is 0. The fraction of sp³-hybridized carbons (Fsp3) is 0.323. The van der Waals surface area contributed by atoms with Gasteiger partial charge in [0.25, 0.3) is 0 Å². The topological polar surface area (TPSA) is 169 Å². The van der Waals surface area contributed by atoms with E-state index in [-0.39, 0.29) is 30.7 Å². The molecule has 5 heterocycles. The number of amides is 2. The summed E-state index contributed by atoms with van der Waals surface area (Å²) in [4.78, 5) is 31.2. The Morgan fingerprint density at radius 1 is 0.891 bits per heavy atom. The van der Waals surface area contributed by atoms with Crippen LogP contribution in [0.1, 0.15) is 40.9 Å². The molecule has 6 rings (SSSR count). The first-order chi connectivity index (χ1) is 22.4. The van der Waals surface area contributed by atoms with Crippen LogP contribution in [0.2, 0.25) is 0 Å². The standard InChI is InChI=1S/C31H34N12O2S/c1-20-6-5-7-21(2)25(20)19-43-18-24(36-41-43)9-12-28(44)34-26-10-11-27(38-37-26)42-15-13-23(17-42)33-30-39-40-31(46-30)35-29(45)16-22-8-3-4-14-32-22/h3-8,10-11,14,18,23H,9,12-13,15-17,19H2,1-2H3,(H,33,39)(H,34,37,44)(H,35,40,45)/t23-/m1/s1. The Hall–Kier alpha value is -5.31. The van der Waals surface area contributed by atoms with E-state index < -0.39 is 0 Å². The smallest absolute Gasteiger partial charge is 0.232 e. The van der Waals surface area contributed by atoms with Gasteiger partial charge < -0.3 is 20.9 Å². The van der Waals surface area contributed by atoms with Crippen LogP contribution in [0.4, 0.5) is 21.9 Å². The monoisotopic (exact) mass is 638 g/mol. The van der Waals surface area contributed by atoms with Crippen LogP contribution in [0.5, 0.6) is 0 Å². The van der Waals surface area contributed by atoms with Crippen molar-refractivity contribution in [3.8, 4) is 0 Å². The zero-order chi connectivity index (χ0) is 31.9. The molecule has 1 aliphatic rings. The lowest BCUT2D eigenvalue weighted by molar-refractivity contribution is -0.116. The predicted molar refractivity (Wildman–Crippen MR) is 175 cm³/mol. The molecule has 0 aliphatic carbocycles. The summed E-state index contributed by atoms with van der Waals surface area (Å²) >= 11 is 1.29. The van der Waals surface area contributed by atoms with E-state index in [1.54, 1.807) is 18.3 Å². The minimum Gasteiger partial charge on any atom is -0.355 e. The summed E-state index contributed by atoms with van der Waals surface area (Å²) in [5.41, 5.74) is 5.11. The first-order valence-corrected chi connectivity index (χ1v) is 15.8. The van der Waals surface area contributed by atoms with Crippen LogP contribution in [0.25, 0.3) is 0 Å². The average Bonchev–Trinajstić information content (AvgIpc) is 3.81. The molecule has 5 aromatic rings. The van der Waals surface area contributed by atoms with E-state index >= 15 is 0 Å². The molecule has 1 aromatic carbocycles. The number of aryl methyl sites for hydroxylation is 3. The third kappa shape index (κ3) is 8.04. The molecule has 14 nitrogen and oxygen atoms in total. The molecule has 1 aliphatic heterocycles. The van der Waals surface area contributed by atoms with Crippen molar-refractivity contribution in [3.05, 3.63) is 89.0 Å². The molecule has 1 fully saturated rings. The number of hydrogen-bond donors (Lipinski definition) is 3. The summed E-state index contributed by atoms with van der Waals surface area (Å²) in [6, 6.07) is 15.4. The van der Waals surface area contributed by atoms with E-state index in [1.807, 2.05) is 35.1 Å². The molecule has 1 atom stereocenters. The first kappa shape index (κ1) is 30.7. The van der Waals surface area contributed by atoms with Gasteiger partial charge in [-0.25, -0.2) is 4.68 Å². The van der Waals surface area contributed by atoms with Crippen LogP contribution in [0.3, 0.4) is 0 Å². The fourth-order valence-corrected chi connectivity index (χ4v) is 5.96. The van der Waals surface area contributed by atoms with Crippen LogP contribution in [0.15, 0.2) is 60.9 Å². The van der Waals surface area contributed by atoms with E-state index in [1.165, 1.54) is 28.0 Å². The van der Waals surface area contributed by atoms with Gasteiger partial charge in [-0.1, -0.05) is 40.8 Å². The molecule has 2 amide bonds. The lowest BCUT2D eigenvalue weighted by atomic mass is 10.0. The molecule has 1 saturated heterocycles. The summed E-state index contributed by atoms with van der Waals surface area (Å²) in [5.74, 6) is 0.761. The highest BCUT2D eigenvalue weighted by Crippen LogP contribution is 2.25. The van der Waals surface area contributed by atoms with Crippen molar-refractivity contribution in [1.82, 2.24) is 40.4 Å². The molecule has 236 valence electrons. The first-order valence-electron chi connectivity index (χ1n) is 15.0. The second-order valence-electron chi connectivity index (χ2n) is 11.1. The Kier molecular flexibility index (Phi) is 9.48. The minimum absolute atomic E-state index is 0.130. The molecule has 0 spiro atoms. The van der Waals surface area contributed by atoms with Crippen LogP contribution < -0.4 is 20.9 Å². The molecule has 0 bridgehead atoms. The highest BCUT2D eigenvalue weighted by molar-refractivity contribution is 7.19. The van der Waals surface area contributed by atoms with Gasteiger partial charge in [0.2, 0.25) is 22.1 Å². The second-order valence-corrected chi connectivity index (χ2v) is 12.1. The third-order valence-corrected chi connectivity index (χ3v) is 8.43. The van der Waals surface area contributed by atoms with Crippen molar-refractivity contribution in [1.29, 1.82) is 0 Å². The average molecular weight is 639 g/mol. The summed E-state index contributed by atoms with van der Waals surface area (Å²) in [6.45, 7) is 6.31. The van der Waals surface area contributed by atoms with Crippen LogP contribution in [0, 0.1) is 13.8 Å². The predicted octanol–water partition coefficient (Wildman–Crippen LogP) is 3.42. The Labute approximate surface area is 269 Å². The Morgan fingerprint density at radius 3 is 2.52 bits per heavy atom. The maximum atomic E-state index is 12.6. The largest absolute Gasteiger partial charge is 0.355 e. The van der Waals surface area contributed by atoms with Gasteiger partial charge in [-0.15, -0.1) is 25.5 Å². The second kappa shape index (κ2) is 14.2. The van der Waals surface area contributed by atoms with Crippen molar-refractivity contribution >= 4 is 45.0 Å². The van der Waals surface area contributed by atoms with Crippen molar-refractivity contribution in [2.45, 2.75) is 52.1 Å². The van der Waals surface area contributed by atoms with Crippen LogP contribution >= 0.6 is 11.3 Å². The van der Waals surface area contributed by atoms with Gasteiger partial charge in [-0.2, -0.15) is 0 Å². The molecule has 3 N–H and O–H groups in total. The highest BCUT2D eigenvalue weighted by Gasteiger charge is 2.25. The van der Waals surface area contributed by atoms with E-state index in [2.05, 4.69) is 82.5 Å². The van der Waals surface area contributed by atoms with Gasteiger partial charge >= 0.3 is 0 Å². The third-order valence-electron chi connectivity index (χ3n) is 7.66. The number of carbonyl (C=O) groups excluding carboxylic acids is 2. The van der Waals surface area contributed by atoms with Crippen molar-refractivity contribution < 1.29 is 9.59 Å². The van der Waals surface area contributed by atoms with Gasteiger partial charge in [0.15, 0.2) is 11.6 Å². The minimum atomic E-state index is -0.194.